The van der Waals surface area contributed by atoms with E-state index in [1.165, 1.54) is 13.3 Å². The third-order valence-electron chi connectivity index (χ3n) is 0.633. The number of carbonyl (C=O) groups is 1. The predicted octanol–water partition coefficient (Wildman–Crippen LogP) is 1.40. The molecule has 0 N–H and O–H groups in total. The lowest BCUT2D eigenvalue weighted by molar-refractivity contribution is 0.183. The van der Waals surface area contributed by atoms with E-state index in [0.29, 0.717) is 0 Å². The third kappa shape index (κ3) is 4.74. The monoisotopic (exact) mass is 127 g/mol. The summed E-state index contributed by atoms with van der Waals surface area (Å²) in [5.74, 6) is 0. The maximum absolute atomic E-state index is 10.2. The molecular weight excluding hydrogens is 118 g/mol. The Morgan fingerprint density at radius 1 is 1.67 bits per heavy atom. The predicted molar refractivity (Wildman–Crippen MR) is 35.7 cm³/mol. The summed E-state index contributed by atoms with van der Waals surface area (Å²) in [6, 6.07) is 0. The van der Waals surface area contributed by atoms with Gasteiger partial charge in [0.15, 0.2) is 0 Å². The molecule has 0 bridgehead atoms. The first kappa shape index (κ1) is 7.88. The maximum Gasteiger partial charge on any atom is 0.433 e. The van der Waals surface area contributed by atoms with E-state index in [4.69, 9.17) is 0 Å². The minimum Gasteiger partial charge on any atom is -0.451 e. The molecule has 0 aliphatic heterocycles. The number of hydrogen-bond acceptors (Lipinski definition) is 2. The normalized spacial score (nSPS) is 10.9. The number of methoxy groups -OCH3 is 1. The second kappa shape index (κ2) is 5.03. The van der Waals surface area contributed by atoms with E-state index in [1.54, 1.807) is 12.2 Å². The summed E-state index contributed by atoms with van der Waals surface area (Å²) in [6.45, 7) is 1.84. The van der Waals surface area contributed by atoms with Gasteiger partial charge in [-0.25, -0.2) is 4.79 Å². The zero-order valence-electron chi connectivity index (χ0n) is 5.50. The van der Waals surface area contributed by atoms with Gasteiger partial charge in [0.1, 0.15) is 0 Å². The molecule has 0 heterocycles. The number of hydrogen-bond donors (Lipinski definition) is 0. The van der Waals surface area contributed by atoms with Crippen LogP contribution in [0.5, 0.6) is 0 Å². The topological polar surface area (TPSA) is 38.7 Å². The van der Waals surface area contributed by atoms with Gasteiger partial charge in [-0.1, -0.05) is 6.08 Å². The highest BCUT2D eigenvalue weighted by Gasteiger charge is 1.86. The highest BCUT2D eigenvalue weighted by molar-refractivity contribution is 5.84. The molecule has 0 saturated carbocycles. The Labute approximate surface area is 54.0 Å². The Morgan fingerprint density at radius 3 is 2.78 bits per heavy atom. The number of nitrogens with zero attached hydrogens (tertiary/aromatic N) is 1. The first-order chi connectivity index (χ1) is 4.31. The van der Waals surface area contributed by atoms with Crippen molar-refractivity contribution in [2.75, 3.05) is 7.11 Å². The number of carbonyl (C=O) groups excluding carboxylic acids is 1. The van der Waals surface area contributed by atoms with Crippen molar-refractivity contribution in [3.05, 3.63) is 12.2 Å². The molecule has 0 fully saturated rings. The van der Waals surface area contributed by atoms with Crippen LogP contribution in [0, 0.1) is 0 Å². The lowest BCUT2D eigenvalue weighted by Gasteiger charge is -1.84. The molecule has 0 spiro atoms. The van der Waals surface area contributed by atoms with Gasteiger partial charge < -0.3 is 4.74 Å². The molecule has 0 aromatic heterocycles. The molecule has 0 aliphatic rings. The van der Waals surface area contributed by atoms with Crippen molar-refractivity contribution < 1.29 is 9.53 Å². The van der Waals surface area contributed by atoms with E-state index < -0.39 is 6.09 Å². The van der Waals surface area contributed by atoms with Crippen LogP contribution in [0.25, 0.3) is 0 Å². The van der Waals surface area contributed by atoms with Crippen LogP contribution in [0.2, 0.25) is 0 Å². The number of amides is 1. The molecule has 0 radical (unpaired) electrons. The summed E-state index contributed by atoms with van der Waals surface area (Å²) in [4.78, 5) is 13.6. The van der Waals surface area contributed by atoms with Gasteiger partial charge in [-0.3, -0.25) is 0 Å². The molecule has 0 aromatic rings. The fourth-order valence-electron chi connectivity index (χ4n) is 0.243. The van der Waals surface area contributed by atoms with Crippen molar-refractivity contribution in [3.63, 3.8) is 0 Å². The van der Waals surface area contributed by atoms with Gasteiger partial charge in [0.25, 0.3) is 0 Å². The number of rotatable bonds is 1. The Kier molecular flexibility index (Phi) is 4.40. The van der Waals surface area contributed by atoms with Crippen LogP contribution in [0.15, 0.2) is 17.1 Å². The van der Waals surface area contributed by atoms with Crippen LogP contribution in [0.3, 0.4) is 0 Å². The van der Waals surface area contributed by atoms with Crippen molar-refractivity contribution >= 4 is 12.3 Å². The van der Waals surface area contributed by atoms with Crippen LogP contribution in [0.4, 0.5) is 4.79 Å². The fourth-order valence-corrected chi connectivity index (χ4v) is 0.243. The van der Waals surface area contributed by atoms with E-state index in [0.717, 1.165) is 0 Å². The van der Waals surface area contributed by atoms with Gasteiger partial charge in [-0.15, -0.1) is 0 Å². The Balaban J connectivity index is 3.57. The van der Waals surface area contributed by atoms with Gasteiger partial charge in [-0.05, 0) is 13.0 Å². The van der Waals surface area contributed by atoms with E-state index >= 15 is 0 Å². The Bertz CT molecular complexity index is 138. The van der Waals surface area contributed by atoms with Crippen molar-refractivity contribution in [2.24, 2.45) is 4.99 Å². The Hall–Kier alpha value is -1.12. The van der Waals surface area contributed by atoms with Crippen LogP contribution in [-0.4, -0.2) is 19.4 Å². The van der Waals surface area contributed by atoms with Gasteiger partial charge in [-0.2, -0.15) is 4.99 Å². The molecule has 0 aliphatic carbocycles. The molecule has 0 rings (SSSR count). The zero-order valence-corrected chi connectivity index (χ0v) is 5.50. The molecule has 3 heteroatoms. The van der Waals surface area contributed by atoms with Crippen LogP contribution >= 0.6 is 0 Å². The lowest BCUT2D eigenvalue weighted by Crippen LogP contribution is -1.91. The van der Waals surface area contributed by atoms with Crippen molar-refractivity contribution in [2.45, 2.75) is 6.92 Å². The first-order valence-corrected chi connectivity index (χ1v) is 2.54. The molecule has 0 aromatic carbocycles. The molecule has 1 amide bonds. The van der Waals surface area contributed by atoms with Crippen molar-refractivity contribution in [1.29, 1.82) is 0 Å². The van der Waals surface area contributed by atoms with Gasteiger partial charge >= 0.3 is 6.09 Å². The summed E-state index contributed by atoms with van der Waals surface area (Å²) in [5, 5.41) is 0. The smallest absolute Gasteiger partial charge is 0.433 e. The summed E-state index contributed by atoms with van der Waals surface area (Å²) in [5.41, 5.74) is 0. The van der Waals surface area contributed by atoms with Gasteiger partial charge in [0, 0.05) is 6.21 Å². The average Bonchev–Trinajstić information content (AvgIpc) is 1.89. The minimum absolute atomic E-state index is 0.576. The number of ether oxygens (including phenoxy) is 1. The standard InChI is InChI=1S/C6H9NO2/c1-3-4-5-7-6(8)9-2/h3-5H,1-2H3. The maximum atomic E-state index is 10.2. The second-order valence-electron chi connectivity index (χ2n) is 1.27. The summed E-state index contributed by atoms with van der Waals surface area (Å²) in [6.07, 6.45) is 4.22. The Morgan fingerprint density at radius 2 is 2.33 bits per heavy atom. The summed E-state index contributed by atoms with van der Waals surface area (Å²) in [7, 11) is 1.29. The zero-order chi connectivity index (χ0) is 7.11. The second-order valence-corrected chi connectivity index (χ2v) is 1.27. The SMILES string of the molecule is CC=CC=NC(=O)OC. The quantitative estimate of drug-likeness (QED) is 0.499. The molecule has 0 saturated heterocycles. The highest BCUT2D eigenvalue weighted by atomic mass is 16.5. The highest BCUT2D eigenvalue weighted by Crippen LogP contribution is 1.76. The lowest BCUT2D eigenvalue weighted by atomic mass is 10.6. The first-order valence-electron chi connectivity index (χ1n) is 2.54. The average molecular weight is 127 g/mol. The van der Waals surface area contributed by atoms with Crippen LogP contribution in [0.1, 0.15) is 6.92 Å². The molecule has 3 nitrogen and oxygen atoms in total. The van der Waals surface area contributed by atoms with E-state index in [9.17, 15) is 4.79 Å². The van der Waals surface area contributed by atoms with Gasteiger partial charge in [0.05, 0.1) is 7.11 Å². The van der Waals surface area contributed by atoms with Crippen molar-refractivity contribution in [1.82, 2.24) is 0 Å². The minimum atomic E-state index is -0.576. The molecule has 0 unspecified atom stereocenters. The van der Waals surface area contributed by atoms with Crippen molar-refractivity contribution in [3.8, 4) is 0 Å². The largest absolute Gasteiger partial charge is 0.451 e. The molecule has 50 valence electrons. The molecular formula is C6H9NO2. The summed E-state index contributed by atoms with van der Waals surface area (Å²) < 4.78 is 4.23. The number of aliphatic imine (C=N–C) groups is 1. The third-order valence-corrected chi connectivity index (χ3v) is 0.633. The summed E-state index contributed by atoms with van der Waals surface area (Å²) >= 11 is 0. The molecule has 0 atom stereocenters. The van der Waals surface area contributed by atoms with Crippen LogP contribution < -0.4 is 0 Å². The van der Waals surface area contributed by atoms with E-state index in [1.807, 2.05) is 6.92 Å². The van der Waals surface area contributed by atoms with E-state index in [-0.39, 0.29) is 0 Å². The van der Waals surface area contributed by atoms with Gasteiger partial charge in [0.2, 0.25) is 0 Å². The van der Waals surface area contributed by atoms with Crippen LogP contribution in [-0.2, 0) is 4.74 Å². The van der Waals surface area contributed by atoms with E-state index in [2.05, 4.69) is 9.73 Å². The molecule has 9 heavy (non-hydrogen) atoms. The fraction of sp³-hybridized carbons (Fsp3) is 0.333. The number of allylic oxidation sites excluding steroid dienone is 2.